The Balaban J connectivity index is 1.50. The molecule has 0 unspecified atom stereocenters. The molecule has 0 amide bonds. The fourth-order valence-electron chi connectivity index (χ4n) is 4.54. The Bertz CT molecular complexity index is 776. The topological polar surface area (TPSA) is 71.0 Å². The van der Waals surface area contributed by atoms with Crippen LogP contribution in [0.4, 0.5) is 0 Å². The summed E-state index contributed by atoms with van der Waals surface area (Å²) in [5, 5.41) is 17.5. The zero-order valence-corrected chi connectivity index (χ0v) is 15.8. The van der Waals surface area contributed by atoms with Crippen molar-refractivity contribution in [1.82, 2.24) is 15.1 Å². The van der Waals surface area contributed by atoms with Crippen molar-refractivity contribution in [3.8, 4) is 5.69 Å². The Morgan fingerprint density at radius 2 is 2.15 bits per heavy atom. The molecule has 0 bridgehead atoms. The first kappa shape index (κ1) is 18.2. The second-order valence-electron chi connectivity index (χ2n) is 8.00. The highest BCUT2D eigenvalue weighted by molar-refractivity contribution is 5.71. The monoisotopic (exact) mass is 369 g/mol. The summed E-state index contributed by atoms with van der Waals surface area (Å²) in [5.41, 5.74) is 2.12. The SMILES string of the molecule is O=C(O)[C@@H](Cc1cccc(-[n+]2cnn(C3CCCCC3)c2)c1)[C@H]1CCNC1. The minimum absolute atomic E-state index is 0.216. The van der Waals surface area contributed by atoms with Crippen molar-refractivity contribution < 1.29 is 14.5 Å². The fourth-order valence-corrected chi connectivity index (χ4v) is 4.54. The normalized spacial score (nSPS) is 22.0. The van der Waals surface area contributed by atoms with Crippen LogP contribution in [0.2, 0.25) is 0 Å². The molecule has 2 heterocycles. The summed E-state index contributed by atoms with van der Waals surface area (Å²) in [7, 11) is 0. The smallest absolute Gasteiger partial charge is 0.307 e. The van der Waals surface area contributed by atoms with Crippen LogP contribution in [0, 0.1) is 11.8 Å². The van der Waals surface area contributed by atoms with Gasteiger partial charge in [-0.15, -0.1) is 4.68 Å². The maximum absolute atomic E-state index is 11.8. The summed E-state index contributed by atoms with van der Waals surface area (Å²) in [4.78, 5) is 11.8. The molecule has 1 aliphatic heterocycles. The van der Waals surface area contributed by atoms with Crippen LogP contribution in [0.1, 0.15) is 50.1 Å². The van der Waals surface area contributed by atoms with Gasteiger partial charge in [-0.3, -0.25) is 4.79 Å². The molecule has 2 aliphatic rings. The van der Waals surface area contributed by atoms with Crippen LogP contribution < -0.4 is 9.88 Å². The van der Waals surface area contributed by atoms with Crippen LogP contribution in [-0.2, 0) is 11.2 Å². The molecule has 144 valence electrons. The Labute approximate surface area is 160 Å². The molecule has 6 nitrogen and oxygen atoms in total. The molecule has 4 rings (SSSR count). The number of carboxylic acids is 1. The molecule has 2 fully saturated rings. The van der Waals surface area contributed by atoms with Crippen LogP contribution in [0.25, 0.3) is 5.69 Å². The van der Waals surface area contributed by atoms with Crippen molar-refractivity contribution in [2.75, 3.05) is 13.1 Å². The predicted molar refractivity (Wildman–Crippen MR) is 102 cm³/mol. The van der Waals surface area contributed by atoms with E-state index in [0.717, 1.165) is 30.8 Å². The molecule has 6 heteroatoms. The standard InChI is InChI=1S/C21H28N4O2/c26-21(27)20(17-9-10-22-13-17)12-16-5-4-8-19(11-16)24-14-23-25(15-24)18-6-2-1-3-7-18/h4-5,8,11,14-15,17-18,20,22H,1-3,6-7,9-10,12-13H2/p+1/t17-,20-/m0/s1. The van der Waals surface area contributed by atoms with Gasteiger partial charge in [-0.05, 0) is 75.2 Å². The quantitative estimate of drug-likeness (QED) is 0.768. The zero-order valence-electron chi connectivity index (χ0n) is 15.8. The van der Waals surface area contributed by atoms with Gasteiger partial charge in [0.15, 0.2) is 0 Å². The van der Waals surface area contributed by atoms with Gasteiger partial charge >= 0.3 is 5.97 Å². The number of aromatic nitrogens is 3. The molecule has 1 aromatic heterocycles. The number of rotatable bonds is 6. The lowest BCUT2D eigenvalue weighted by Crippen LogP contribution is -2.29. The molecule has 1 saturated heterocycles. The number of nitrogens with zero attached hydrogens (tertiary/aromatic N) is 3. The summed E-state index contributed by atoms with van der Waals surface area (Å²) in [6, 6.07) is 8.72. The first-order valence-electron chi connectivity index (χ1n) is 10.2. The lowest BCUT2D eigenvalue weighted by molar-refractivity contribution is -0.596. The van der Waals surface area contributed by atoms with Crippen LogP contribution in [0.15, 0.2) is 36.9 Å². The Kier molecular flexibility index (Phi) is 5.53. The fraction of sp³-hybridized carbons (Fsp3) is 0.571. The van der Waals surface area contributed by atoms with Gasteiger partial charge in [-0.25, -0.2) is 4.57 Å². The van der Waals surface area contributed by atoms with Crippen molar-refractivity contribution >= 4 is 5.97 Å². The molecular formula is C21H29N4O2+. The molecule has 1 aromatic carbocycles. The van der Waals surface area contributed by atoms with Crippen molar-refractivity contribution in [3.05, 3.63) is 42.5 Å². The highest BCUT2D eigenvalue weighted by Gasteiger charge is 2.30. The first-order chi connectivity index (χ1) is 13.2. The summed E-state index contributed by atoms with van der Waals surface area (Å²) >= 11 is 0. The number of hydrogen-bond donors (Lipinski definition) is 2. The lowest BCUT2D eigenvalue weighted by atomic mass is 9.86. The van der Waals surface area contributed by atoms with E-state index in [1.807, 2.05) is 23.0 Å². The molecule has 1 saturated carbocycles. The van der Waals surface area contributed by atoms with E-state index in [2.05, 4.69) is 33.6 Å². The van der Waals surface area contributed by atoms with E-state index in [1.54, 1.807) is 0 Å². The van der Waals surface area contributed by atoms with Crippen LogP contribution >= 0.6 is 0 Å². The lowest BCUT2D eigenvalue weighted by Gasteiger charge is -2.18. The third kappa shape index (κ3) is 4.21. The number of carbonyl (C=O) groups is 1. The van der Waals surface area contributed by atoms with Gasteiger partial charge in [0.25, 0.3) is 6.33 Å². The number of hydrogen-bond acceptors (Lipinski definition) is 3. The third-order valence-corrected chi connectivity index (χ3v) is 6.15. The molecule has 0 radical (unpaired) electrons. The molecular weight excluding hydrogens is 340 g/mol. The van der Waals surface area contributed by atoms with E-state index in [1.165, 1.54) is 32.1 Å². The van der Waals surface area contributed by atoms with Crippen LogP contribution in [0.5, 0.6) is 0 Å². The van der Waals surface area contributed by atoms with E-state index < -0.39 is 5.97 Å². The van der Waals surface area contributed by atoms with Crippen molar-refractivity contribution in [3.63, 3.8) is 0 Å². The highest BCUT2D eigenvalue weighted by atomic mass is 16.4. The van der Waals surface area contributed by atoms with Gasteiger partial charge in [0.1, 0.15) is 11.7 Å². The molecule has 27 heavy (non-hydrogen) atoms. The van der Waals surface area contributed by atoms with E-state index in [-0.39, 0.29) is 11.8 Å². The third-order valence-electron chi connectivity index (χ3n) is 6.15. The van der Waals surface area contributed by atoms with Gasteiger partial charge < -0.3 is 10.4 Å². The number of nitrogens with one attached hydrogen (secondary N) is 1. The first-order valence-corrected chi connectivity index (χ1v) is 10.2. The Morgan fingerprint density at radius 3 is 2.89 bits per heavy atom. The minimum Gasteiger partial charge on any atom is -0.481 e. The molecule has 2 atom stereocenters. The molecule has 2 aromatic rings. The number of benzene rings is 1. The van der Waals surface area contributed by atoms with Gasteiger partial charge in [0.2, 0.25) is 6.33 Å². The molecule has 2 N–H and O–H groups in total. The Hall–Kier alpha value is -2.21. The maximum atomic E-state index is 11.8. The molecule has 0 spiro atoms. The Morgan fingerprint density at radius 1 is 1.30 bits per heavy atom. The number of carboxylic acid groups (broad SMARTS) is 1. The van der Waals surface area contributed by atoms with Gasteiger partial charge in [-0.2, -0.15) is 0 Å². The molecule has 1 aliphatic carbocycles. The van der Waals surface area contributed by atoms with Crippen molar-refractivity contribution in [2.24, 2.45) is 11.8 Å². The zero-order chi connectivity index (χ0) is 18.6. The van der Waals surface area contributed by atoms with E-state index in [0.29, 0.717) is 12.5 Å². The van der Waals surface area contributed by atoms with Gasteiger partial charge in [-0.1, -0.05) is 18.6 Å². The average molecular weight is 369 g/mol. The predicted octanol–water partition coefficient (Wildman–Crippen LogP) is 2.52. The highest BCUT2D eigenvalue weighted by Crippen LogP contribution is 2.27. The van der Waals surface area contributed by atoms with E-state index >= 15 is 0 Å². The summed E-state index contributed by atoms with van der Waals surface area (Å²) in [5.74, 6) is -0.801. The summed E-state index contributed by atoms with van der Waals surface area (Å²) in [6.45, 7) is 1.73. The van der Waals surface area contributed by atoms with E-state index in [4.69, 9.17) is 0 Å². The number of aliphatic carboxylic acids is 1. The van der Waals surface area contributed by atoms with Gasteiger partial charge in [0, 0.05) is 5.10 Å². The van der Waals surface area contributed by atoms with E-state index in [9.17, 15) is 9.90 Å². The largest absolute Gasteiger partial charge is 0.481 e. The van der Waals surface area contributed by atoms with Crippen LogP contribution in [-0.4, -0.2) is 33.9 Å². The summed E-state index contributed by atoms with van der Waals surface area (Å²) < 4.78 is 4.14. The second kappa shape index (κ2) is 8.21. The summed E-state index contributed by atoms with van der Waals surface area (Å²) in [6.07, 6.45) is 11.8. The maximum Gasteiger partial charge on any atom is 0.307 e. The van der Waals surface area contributed by atoms with Crippen LogP contribution in [0.3, 0.4) is 0 Å². The van der Waals surface area contributed by atoms with Crippen molar-refractivity contribution in [1.29, 1.82) is 0 Å². The average Bonchev–Trinajstić information content (AvgIpc) is 3.39. The van der Waals surface area contributed by atoms with Gasteiger partial charge in [0.05, 0.1) is 5.92 Å². The van der Waals surface area contributed by atoms with Crippen molar-refractivity contribution in [2.45, 2.75) is 51.0 Å². The second-order valence-corrected chi connectivity index (χ2v) is 8.00. The minimum atomic E-state index is -0.688.